The molecule has 5 nitrogen and oxygen atoms in total. The number of carbonyl (C=O) groups is 1. The molecule has 0 atom stereocenters. The van der Waals surface area contributed by atoms with Crippen LogP contribution in [0.2, 0.25) is 0 Å². The van der Waals surface area contributed by atoms with Gasteiger partial charge in [-0.2, -0.15) is 5.10 Å². The van der Waals surface area contributed by atoms with Gasteiger partial charge in [0.05, 0.1) is 11.8 Å². The number of rotatable bonds is 5. The molecule has 1 aromatic carbocycles. The van der Waals surface area contributed by atoms with E-state index in [0.29, 0.717) is 18.7 Å². The number of hydrogen-bond donors (Lipinski definition) is 1. The Kier molecular flexibility index (Phi) is 4.70. The number of benzene rings is 1. The minimum absolute atomic E-state index is 0.00179. The molecular weight excluding hydrogens is 300 g/mol. The summed E-state index contributed by atoms with van der Waals surface area (Å²) in [6.07, 6.45) is 5.16. The fraction of sp³-hybridized carbons (Fsp3) is 0.211. The monoisotopic (exact) mass is 320 g/mol. The second-order valence-corrected chi connectivity index (χ2v) is 5.66. The molecule has 2 aromatic heterocycles. The van der Waals surface area contributed by atoms with Gasteiger partial charge in [-0.3, -0.25) is 14.9 Å². The molecular formula is C19H20N4O. The van der Waals surface area contributed by atoms with Gasteiger partial charge in [0.1, 0.15) is 0 Å². The summed E-state index contributed by atoms with van der Waals surface area (Å²) in [5, 5.41) is 6.76. The molecule has 1 amide bonds. The number of hydrogen-bond acceptors (Lipinski definition) is 3. The smallest absolute Gasteiger partial charge is 0.257 e. The molecule has 0 aliphatic heterocycles. The normalized spacial score (nSPS) is 10.6. The molecule has 0 bridgehead atoms. The summed E-state index contributed by atoms with van der Waals surface area (Å²) in [6.45, 7) is 5.06. The van der Waals surface area contributed by atoms with Crippen molar-refractivity contribution < 1.29 is 4.79 Å². The van der Waals surface area contributed by atoms with Gasteiger partial charge in [0, 0.05) is 31.2 Å². The predicted octanol–water partition coefficient (Wildman–Crippen LogP) is 3.44. The topological polar surface area (TPSA) is 61.9 Å². The van der Waals surface area contributed by atoms with Gasteiger partial charge in [0.25, 0.3) is 5.91 Å². The molecule has 5 heteroatoms. The van der Waals surface area contributed by atoms with Crippen LogP contribution < -0.4 is 0 Å². The zero-order valence-electron chi connectivity index (χ0n) is 13.9. The number of pyridine rings is 1. The maximum Gasteiger partial charge on any atom is 0.257 e. The molecule has 1 N–H and O–H groups in total. The van der Waals surface area contributed by atoms with Gasteiger partial charge in [-0.05, 0) is 48.7 Å². The number of amides is 1. The molecule has 0 radical (unpaired) electrons. The van der Waals surface area contributed by atoms with Crippen LogP contribution >= 0.6 is 0 Å². The van der Waals surface area contributed by atoms with Crippen LogP contribution in [0.1, 0.15) is 28.5 Å². The molecule has 0 unspecified atom stereocenters. The van der Waals surface area contributed by atoms with Crippen LogP contribution in [-0.4, -0.2) is 32.5 Å². The Hall–Kier alpha value is -2.95. The van der Waals surface area contributed by atoms with Gasteiger partial charge in [-0.15, -0.1) is 0 Å². The third-order valence-electron chi connectivity index (χ3n) is 4.04. The third-order valence-corrected chi connectivity index (χ3v) is 4.04. The highest BCUT2D eigenvalue weighted by Gasteiger charge is 2.18. The van der Waals surface area contributed by atoms with E-state index in [1.54, 1.807) is 18.6 Å². The lowest BCUT2D eigenvalue weighted by Gasteiger charge is -2.21. The standard InChI is InChI=1S/C19H20N4O/c1-3-23(19(24)18-12-21-22-14(18)2)13-15-5-4-6-17(11-15)16-7-9-20-10-8-16/h4-12H,3,13H2,1-2H3,(H,21,22). The number of carbonyl (C=O) groups excluding carboxylic acids is 1. The molecule has 0 saturated carbocycles. The average Bonchev–Trinajstić information content (AvgIpc) is 3.06. The van der Waals surface area contributed by atoms with E-state index in [4.69, 9.17) is 0 Å². The fourth-order valence-electron chi connectivity index (χ4n) is 2.68. The Bertz CT molecular complexity index is 826. The number of nitrogens with one attached hydrogen (secondary N) is 1. The van der Waals surface area contributed by atoms with Gasteiger partial charge in [-0.1, -0.05) is 18.2 Å². The first kappa shape index (κ1) is 15.9. The lowest BCUT2D eigenvalue weighted by molar-refractivity contribution is 0.0752. The first-order valence-corrected chi connectivity index (χ1v) is 7.97. The highest BCUT2D eigenvalue weighted by molar-refractivity contribution is 5.95. The van der Waals surface area contributed by atoms with Crippen LogP contribution in [0.15, 0.2) is 55.0 Å². The highest BCUT2D eigenvalue weighted by Crippen LogP contribution is 2.21. The van der Waals surface area contributed by atoms with Crippen LogP contribution in [0.5, 0.6) is 0 Å². The zero-order chi connectivity index (χ0) is 16.9. The van der Waals surface area contributed by atoms with E-state index in [2.05, 4.69) is 27.3 Å². The van der Waals surface area contributed by atoms with Crippen LogP contribution in [0.25, 0.3) is 11.1 Å². The molecule has 3 rings (SSSR count). The van der Waals surface area contributed by atoms with E-state index in [9.17, 15) is 4.79 Å². The van der Waals surface area contributed by atoms with Gasteiger partial charge < -0.3 is 4.90 Å². The molecule has 24 heavy (non-hydrogen) atoms. The van der Waals surface area contributed by atoms with Crippen molar-refractivity contribution in [3.05, 3.63) is 71.8 Å². The lowest BCUT2D eigenvalue weighted by atomic mass is 10.0. The Morgan fingerprint density at radius 3 is 2.62 bits per heavy atom. The number of aromatic amines is 1. The second-order valence-electron chi connectivity index (χ2n) is 5.66. The van der Waals surface area contributed by atoms with Crippen molar-refractivity contribution in [1.82, 2.24) is 20.1 Å². The third kappa shape index (κ3) is 3.35. The summed E-state index contributed by atoms with van der Waals surface area (Å²) >= 11 is 0. The second kappa shape index (κ2) is 7.08. The zero-order valence-corrected chi connectivity index (χ0v) is 13.9. The van der Waals surface area contributed by atoms with Crippen molar-refractivity contribution in [3.8, 4) is 11.1 Å². The van der Waals surface area contributed by atoms with Crippen molar-refractivity contribution in [2.24, 2.45) is 0 Å². The Labute approximate surface area is 141 Å². The van der Waals surface area contributed by atoms with E-state index >= 15 is 0 Å². The van der Waals surface area contributed by atoms with Crippen molar-refractivity contribution >= 4 is 5.91 Å². The summed E-state index contributed by atoms with van der Waals surface area (Å²) in [5.74, 6) is -0.00179. The number of H-pyrrole nitrogens is 1. The maximum absolute atomic E-state index is 12.7. The van der Waals surface area contributed by atoms with Gasteiger partial charge in [0.2, 0.25) is 0 Å². The minimum atomic E-state index is -0.00179. The number of nitrogens with zero attached hydrogens (tertiary/aromatic N) is 3. The SMILES string of the molecule is CCN(Cc1cccc(-c2ccncc2)c1)C(=O)c1cn[nH]c1C. The largest absolute Gasteiger partial charge is 0.334 e. The van der Waals surface area contributed by atoms with Crippen LogP contribution in [0.4, 0.5) is 0 Å². The van der Waals surface area contributed by atoms with Gasteiger partial charge >= 0.3 is 0 Å². The molecule has 0 aliphatic carbocycles. The van der Waals surface area contributed by atoms with Crippen molar-refractivity contribution in [2.45, 2.75) is 20.4 Å². The minimum Gasteiger partial charge on any atom is -0.334 e. The average molecular weight is 320 g/mol. The van der Waals surface area contributed by atoms with Crippen molar-refractivity contribution in [3.63, 3.8) is 0 Å². The number of aryl methyl sites for hydroxylation is 1. The van der Waals surface area contributed by atoms with Crippen LogP contribution in [0, 0.1) is 6.92 Å². The van der Waals surface area contributed by atoms with E-state index < -0.39 is 0 Å². The van der Waals surface area contributed by atoms with E-state index in [-0.39, 0.29) is 5.91 Å². The Morgan fingerprint density at radius 1 is 1.17 bits per heavy atom. The van der Waals surface area contributed by atoms with E-state index in [0.717, 1.165) is 22.4 Å². The molecule has 3 aromatic rings. The van der Waals surface area contributed by atoms with Crippen LogP contribution in [-0.2, 0) is 6.54 Å². The first-order chi connectivity index (χ1) is 11.7. The number of aromatic nitrogens is 3. The van der Waals surface area contributed by atoms with Gasteiger partial charge in [-0.25, -0.2) is 0 Å². The lowest BCUT2D eigenvalue weighted by Crippen LogP contribution is -2.30. The summed E-state index contributed by atoms with van der Waals surface area (Å²) in [7, 11) is 0. The summed E-state index contributed by atoms with van der Waals surface area (Å²) in [5.41, 5.74) is 4.76. The molecule has 0 aliphatic rings. The fourth-order valence-corrected chi connectivity index (χ4v) is 2.68. The van der Waals surface area contributed by atoms with Crippen LogP contribution in [0.3, 0.4) is 0 Å². The van der Waals surface area contributed by atoms with Crippen molar-refractivity contribution in [1.29, 1.82) is 0 Å². The first-order valence-electron chi connectivity index (χ1n) is 7.97. The quantitative estimate of drug-likeness (QED) is 0.783. The van der Waals surface area contributed by atoms with E-state index in [1.165, 1.54) is 0 Å². The highest BCUT2D eigenvalue weighted by atomic mass is 16.2. The summed E-state index contributed by atoms with van der Waals surface area (Å²) in [4.78, 5) is 18.6. The predicted molar refractivity (Wildman–Crippen MR) is 93.4 cm³/mol. The van der Waals surface area contributed by atoms with Gasteiger partial charge in [0.15, 0.2) is 0 Å². The summed E-state index contributed by atoms with van der Waals surface area (Å²) < 4.78 is 0. The Morgan fingerprint density at radius 2 is 1.96 bits per heavy atom. The molecule has 2 heterocycles. The van der Waals surface area contributed by atoms with E-state index in [1.807, 2.05) is 43.0 Å². The summed E-state index contributed by atoms with van der Waals surface area (Å²) in [6, 6.07) is 12.2. The molecule has 122 valence electrons. The molecule has 0 spiro atoms. The Balaban J connectivity index is 1.82. The molecule has 0 fully saturated rings. The maximum atomic E-state index is 12.7. The van der Waals surface area contributed by atoms with Crippen molar-refractivity contribution in [2.75, 3.05) is 6.54 Å². The molecule has 0 saturated heterocycles.